The lowest BCUT2D eigenvalue weighted by Crippen LogP contribution is -2.19. The van der Waals surface area contributed by atoms with Crippen molar-refractivity contribution in [3.8, 4) is 17.0 Å². The summed E-state index contributed by atoms with van der Waals surface area (Å²) in [5.74, 6) is 0.346. The summed E-state index contributed by atoms with van der Waals surface area (Å²) in [6.07, 6.45) is 0. The number of thiazole rings is 1. The Kier molecular flexibility index (Phi) is 8.81. The number of anilines is 2. The topological polar surface area (TPSA) is 80.3 Å². The van der Waals surface area contributed by atoms with Gasteiger partial charge in [-0.1, -0.05) is 48.0 Å². The van der Waals surface area contributed by atoms with Gasteiger partial charge in [-0.3, -0.25) is 9.59 Å². The molecule has 6 nitrogen and oxygen atoms in total. The van der Waals surface area contributed by atoms with E-state index in [9.17, 15) is 9.59 Å². The quantitative estimate of drug-likeness (QED) is 0.170. The van der Waals surface area contributed by atoms with E-state index in [2.05, 4.69) is 15.6 Å². The number of carbonyl (C=O) groups is 2. The third kappa shape index (κ3) is 6.90. The van der Waals surface area contributed by atoms with Crippen LogP contribution in [0.2, 0.25) is 5.02 Å². The molecule has 9 heteroatoms. The summed E-state index contributed by atoms with van der Waals surface area (Å²) in [6.45, 7) is 0. The summed E-state index contributed by atoms with van der Waals surface area (Å²) in [6, 6.07) is 31.4. The minimum atomic E-state index is -0.513. The summed E-state index contributed by atoms with van der Waals surface area (Å²) in [4.78, 5) is 31.5. The molecule has 2 N–H and O–H groups in total. The Morgan fingerprint density at radius 3 is 2.35 bits per heavy atom. The van der Waals surface area contributed by atoms with Crippen molar-refractivity contribution in [2.24, 2.45) is 0 Å². The maximum atomic E-state index is 13.5. The Morgan fingerprint density at radius 2 is 1.65 bits per heavy atom. The molecule has 200 valence electrons. The second-order valence-corrected chi connectivity index (χ2v) is 11.1. The van der Waals surface area contributed by atoms with E-state index in [1.54, 1.807) is 31.4 Å². The van der Waals surface area contributed by atoms with Gasteiger partial charge in [0, 0.05) is 32.1 Å². The van der Waals surface area contributed by atoms with Crippen molar-refractivity contribution in [3.63, 3.8) is 0 Å². The Hall–Kier alpha value is -4.11. The van der Waals surface area contributed by atoms with Crippen LogP contribution in [0.15, 0.2) is 113 Å². The fourth-order valence-corrected chi connectivity index (χ4v) is 5.82. The van der Waals surface area contributed by atoms with Crippen molar-refractivity contribution in [2.75, 3.05) is 17.7 Å². The Labute approximate surface area is 245 Å². The van der Waals surface area contributed by atoms with Crippen LogP contribution in [0.4, 0.5) is 10.8 Å². The monoisotopic (exact) mass is 585 g/mol. The average Bonchev–Trinajstić information content (AvgIpc) is 3.45. The number of thioether (sulfide) groups is 1. The van der Waals surface area contributed by atoms with Crippen LogP contribution in [0, 0.1) is 0 Å². The van der Waals surface area contributed by atoms with Crippen molar-refractivity contribution in [2.45, 2.75) is 10.1 Å². The molecule has 0 radical (unpaired) electrons. The molecule has 0 aliphatic carbocycles. The predicted molar refractivity (Wildman–Crippen MR) is 164 cm³/mol. The van der Waals surface area contributed by atoms with Gasteiger partial charge in [-0.15, -0.1) is 23.1 Å². The Bertz CT molecular complexity index is 1610. The first kappa shape index (κ1) is 27.5. The van der Waals surface area contributed by atoms with E-state index in [4.69, 9.17) is 16.3 Å². The number of benzene rings is 4. The summed E-state index contributed by atoms with van der Waals surface area (Å²) in [5.41, 5.74) is 3.71. The maximum absolute atomic E-state index is 13.5. The predicted octanol–water partition coefficient (Wildman–Crippen LogP) is 8.20. The second kappa shape index (κ2) is 12.8. The van der Waals surface area contributed by atoms with Gasteiger partial charge >= 0.3 is 0 Å². The largest absolute Gasteiger partial charge is 0.497 e. The normalized spacial score (nSPS) is 11.4. The number of aromatic nitrogens is 1. The number of halogens is 1. The standard InChI is InChI=1S/C31H24ClN3O3S2/c1-38-25-14-10-20(11-15-25)27-19-39-31(34-27)35-30(37)28(21-6-3-2-4-7-21)40-26-16-12-24(13-17-26)33-29(36)22-8-5-9-23(32)18-22/h2-19,28H,1H3,(H,33,36)(H,34,35,37). The van der Waals surface area contributed by atoms with E-state index in [0.717, 1.165) is 27.5 Å². The number of nitrogens with one attached hydrogen (secondary N) is 2. The molecular weight excluding hydrogens is 562 g/mol. The van der Waals surface area contributed by atoms with E-state index >= 15 is 0 Å². The van der Waals surface area contributed by atoms with Crippen LogP contribution in [0.3, 0.4) is 0 Å². The highest BCUT2D eigenvalue weighted by molar-refractivity contribution is 8.00. The van der Waals surface area contributed by atoms with Gasteiger partial charge < -0.3 is 15.4 Å². The van der Waals surface area contributed by atoms with E-state index in [0.29, 0.717) is 21.4 Å². The molecule has 0 saturated carbocycles. The molecule has 1 unspecified atom stereocenters. The van der Waals surface area contributed by atoms with Crippen molar-refractivity contribution in [1.29, 1.82) is 0 Å². The van der Waals surface area contributed by atoms with E-state index < -0.39 is 5.25 Å². The van der Waals surface area contributed by atoms with Crippen LogP contribution >= 0.6 is 34.7 Å². The fraction of sp³-hybridized carbons (Fsp3) is 0.0645. The number of hydrogen-bond acceptors (Lipinski definition) is 6. The van der Waals surface area contributed by atoms with Gasteiger partial charge in [0.15, 0.2) is 5.13 Å². The molecule has 0 fully saturated rings. The zero-order valence-electron chi connectivity index (χ0n) is 21.3. The number of amides is 2. The molecule has 2 amide bonds. The van der Waals surface area contributed by atoms with Crippen LogP contribution in [0.5, 0.6) is 5.75 Å². The lowest BCUT2D eigenvalue weighted by Gasteiger charge is -2.16. The molecular formula is C31H24ClN3O3S2. The minimum Gasteiger partial charge on any atom is -0.497 e. The number of rotatable bonds is 9. The van der Waals surface area contributed by atoms with Crippen molar-refractivity contribution < 1.29 is 14.3 Å². The summed E-state index contributed by atoms with van der Waals surface area (Å²) in [7, 11) is 1.63. The third-order valence-electron chi connectivity index (χ3n) is 5.91. The SMILES string of the molecule is COc1ccc(-c2csc(NC(=O)C(Sc3ccc(NC(=O)c4cccc(Cl)c4)cc3)c3ccccc3)n2)cc1. The Morgan fingerprint density at radius 1 is 0.900 bits per heavy atom. The zero-order valence-corrected chi connectivity index (χ0v) is 23.7. The van der Waals surface area contributed by atoms with Gasteiger partial charge in [-0.2, -0.15) is 0 Å². The molecule has 0 bridgehead atoms. The molecule has 4 aromatic carbocycles. The van der Waals surface area contributed by atoms with E-state index in [1.807, 2.05) is 84.2 Å². The highest BCUT2D eigenvalue weighted by atomic mass is 35.5. The van der Waals surface area contributed by atoms with Gasteiger partial charge in [0.25, 0.3) is 5.91 Å². The number of carbonyl (C=O) groups excluding carboxylic acids is 2. The summed E-state index contributed by atoms with van der Waals surface area (Å²) < 4.78 is 5.23. The summed E-state index contributed by atoms with van der Waals surface area (Å²) in [5, 5.41) is 8.29. The number of hydrogen-bond donors (Lipinski definition) is 2. The molecule has 1 atom stereocenters. The van der Waals surface area contributed by atoms with Crippen LogP contribution in [0.25, 0.3) is 11.3 Å². The van der Waals surface area contributed by atoms with Gasteiger partial charge in [0.1, 0.15) is 11.0 Å². The average molecular weight is 586 g/mol. The van der Waals surface area contributed by atoms with Gasteiger partial charge in [0.05, 0.1) is 12.8 Å². The highest BCUT2D eigenvalue weighted by Crippen LogP contribution is 2.37. The smallest absolute Gasteiger partial charge is 0.255 e. The van der Waals surface area contributed by atoms with Gasteiger partial charge in [-0.25, -0.2) is 4.98 Å². The molecule has 1 heterocycles. The van der Waals surface area contributed by atoms with Crippen molar-refractivity contribution >= 4 is 57.3 Å². The molecule has 5 aromatic rings. The van der Waals surface area contributed by atoms with Crippen LogP contribution in [0.1, 0.15) is 21.2 Å². The second-order valence-electron chi connectivity index (χ2n) is 8.65. The minimum absolute atomic E-state index is 0.176. The lowest BCUT2D eigenvalue weighted by atomic mass is 10.1. The zero-order chi connectivity index (χ0) is 27.9. The first-order valence-corrected chi connectivity index (χ1v) is 14.4. The molecule has 5 rings (SSSR count). The Balaban J connectivity index is 1.29. The van der Waals surface area contributed by atoms with Crippen LogP contribution in [-0.4, -0.2) is 23.9 Å². The highest BCUT2D eigenvalue weighted by Gasteiger charge is 2.23. The first-order valence-electron chi connectivity index (χ1n) is 12.3. The summed E-state index contributed by atoms with van der Waals surface area (Å²) >= 11 is 8.80. The van der Waals surface area contributed by atoms with Gasteiger partial charge in [0.2, 0.25) is 5.91 Å². The molecule has 0 aliphatic rings. The van der Waals surface area contributed by atoms with Crippen LogP contribution < -0.4 is 15.4 Å². The molecule has 1 aromatic heterocycles. The number of nitrogens with zero attached hydrogens (tertiary/aromatic N) is 1. The van der Waals surface area contributed by atoms with E-state index in [-0.39, 0.29) is 11.8 Å². The van der Waals surface area contributed by atoms with Crippen molar-refractivity contribution in [3.05, 3.63) is 125 Å². The lowest BCUT2D eigenvalue weighted by molar-refractivity contribution is -0.115. The fourth-order valence-electron chi connectivity index (χ4n) is 3.88. The first-order chi connectivity index (χ1) is 19.5. The van der Waals surface area contributed by atoms with Crippen LogP contribution in [-0.2, 0) is 4.79 Å². The number of methoxy groups -OCH3 is 1. The molecule has 0 spiro atoms. The third-order valence-corrected chi connectivity index (χ3v) is 8.17. The van der Waals surface area contributed by atoms with Crippen molar-refractivity contribution in [1.82, 2.24) is 4.98 Å². The molecule has 0 saturated heterocycles. The number of ether oxygens (including phenoxy) is 1. The van der Waals surface area contributed by atoms with Gasteiger partial charge in [-0.05, 0) is 72.3 Å². The maximum Gasteiger partial charge on any atom is 0.255 e. The van der Waals surface area contributed by atoms with E-state index in [1.165, 1.54) is 23.1 Å². The molecule has 0 aliphatic heterocycles. The molecule has 40 heavy (non-hydrogen) atoms.